The molecule has 2 aromatic heterocycles. The summed E-state index contributed by atoms with van der Waals surface area (Å²) in [4.78, 5) is 22.5. The van der Waals surface area contributed by atoms with Crippen molar-refractivity contribution in [3.05, 3.63) is 94.9 Å². The monoisotopic (exact) mass is 474 g/mol. The fraction of sp³-hybridized carbons (Fsp3) is 0.120. The number of para-hydroxylation sites is 1. The molecule has 5 rings (SSSR count). The van der Waals surface area contributed by atoms with Crippen LogP contribution in [0, 0.1) is 5.82 Å². The van der Waals surface area contributed by atoms with Crippen LogP contribution in [0.4, 0.5) is 4.39 Å². The molecular weight excluding hydrogens is 455 g/mol. The highest BCUT2D eigenvalue weighted by atomic mass is 32.2. The summed E-state index contributed by atoms with van der Waals surface area (Å²) in [5.74, 6) is 1.42. The van der Waals surface area contributed by atoms with Crippen LogP contribution >= 0.6 is 11.8 Å². The van der Waals surface area contributed by atoms with Crippen LogP contribution < -0.4 is 10.3 Å². The van der Waals surface area contributed by atoms with Gasteiger partial charge in [0.05, 0.1) is 29.0 Å². The van der Waals surface area contributed by atoms with Crippen LogP contribution in [0.3, 0.4) is 0 Å². The van der Waals surface area contributed by atoms with Crippen molar-refractivity contribution in [2.75, 3.05) is 6.61 Å². The second-order valence-electron chi connectivity index (χ2n) is 7.29. The Morgan fingerprint density at radius 1 is 1.00 bits per heavy atom. The summed E-state index contributed by atoms with van der Waals surface area (Å²) in [7, 11) is 0. The third-order valence-corrected chi connectivity index (χ3v) is 5.97. The summed E-state index contributed by atoms with van der Waals surface area (Å²) in [5, 5.41) is 5.00. The SMILES string of the molecule is CCOc1ccc(-n2c(SCc3nc(-c4ccc(F)cc4)no3)nc3ccccc3c2=O)cc1. The van der Waals surface area contributed by atoms with Crippen LogP contribution in [0.2, 0.25) is 0 Å². The summed E-state index contributed by atoms with van der Waals surface area (Å²) in [6, 6.07) is 20.4. The lowest BCUT2D eigenvalue weighted by Gasteiger charge is -2.13. The molecule has 0 aliphatic heterocycles. The lowest BCUT2D eigenvalue weighted by molar-refractivity contribution is 0.340. The minimum absolute atomic E-state index is 0.171. The van der Waals surface area contributed by atoms with Crippen molar-refractivity contribution in [2.24, 2.45) is 0 Å². The van der Waals surface area contributed by atoms with E-state index in [2.05, 4.69) is 10.1 Å². The molecule has 0 bridgehead atoms. The van der Waals surface area contributed by atoms with E-state index in [0.29, 0.717) is 51.4 Å². The van der Waals surface area contributed by atoms with Crippen molar-refractivity contribution in [1.82, 2.24) is 19.7 Å². The smallest absolute Gasteiger partial charge is 0.266 e. The topological polar surface area (TPSA) is 83.0 Å². The Morgan fingerprint density at radius 3 is 2.53 bits per heavy atom. The molecule has 2 heterocycles. The number of thioether (sulfide) groups is 1. The predicted molar refractivity (Wildman–Crippen MR) is 128 cm³/mol. The van der Waals surface area contributed by atoms with Crippen LogP contribution in [0.25, 0.3) is 28.0 Å². The summed E-state index contributed by atoms with van der Waals surface area (Å²) < 4.78 is 25.6. The number of benzene rings is 3. The second kappa shape index (κ2) is 9.48. The van der Waals surface area contributed by atoms with E-state index in [0.717, 1.165) is 5.75 Å². The molecule has 0 N–H and O–H groups in total. The quantitative estimate of drug-likeness (QED) is 0.235. The van der Waals surface area contributed by atoms with Crippen LogP contribution in [0.5, 0.6) is 5.75 Å². The Labute approximate surface area is 198 Å². The van der Waals surface area contributed by atoms with Crippen molar-refractivity contribution < 1.29 is 13.7 Å². The van der Waals surface area contributed by atoms with Gasteiger partial charge in [-0.3, -0.25) is 9.36 Å². The Balaban J connectivity index is 1.48. The van der Waals surface area contributed by atoms with Crippen molar-refractivity contribution in [2.45, 2.75) is 17.8 Å². The Kier molecular flexibility index (Phi) is 6.09. The average Bonchev–Trinajstić information content (AvgIpc) is 3.33. The first-order chi connectivity index (χ1) is 16.6. The molecule has 0 aliphatic rings. The first-order valence-corrected chi connectivity index (χ1v) is 11.6. The maximum atomic E-state index is 13.4. The van der Waals surface area contributed by atoms with E-state index in [1.165, 1.54) is 23.9 Å². The molecule has 0 spiro atoms. The van der Waals surface area contributed by atoms with Crippen LogP contribution in [-0.2, 0) is 5.75 Å². The highest BCUT2D eigenvalue weighted by molar-refractivity contribution is 7.98. The fourth-order valence-electron chi connectivity index (χ4n) is 3.45. The molecule has 34 heavy (non-hydrogen) atoms. The van der Waals surface area contributed by atoms with Gasteiger partial charge in [-0.15, -0.1) is 0 Å². The molecule has 9 heteroatoms. The largest absolute Gasteiger partial charge is 0.494 e. The van der Waals surface area contributed by atoms with Gasteiger partial charge >= 0.3 is 0 Å². The van der Waals surface area contributed by atoms with Gasteiger partial charge in [-0.2, -0.15) is 4.98 Å². The van der Waals surface area contributed by atoms with Crippen molar-refractivity contribution in [3.8, 4) is 22.8 Å². The van der Waals surface area contributed by atoms with E-state index < -0.39 is 0 Å². The summed E-state index contributed by atoms with van der Waals surface area (Å²) in [6.07, 6.45) is 0. The van der Waals surface area contributed by atoms with E-state index in [4.69, 9.17) is 14.2 Å². The maximum absolute atomic E-state index is 13.4. The van der Waals surface area contributed by atoms with Gasteiger partial charge in [-0.25, -0.2) is 9.37 Å². The Morgan fingerprint density at radius 2 is 1.76 bits per heavy atom. The zero-order valence-electron chi connectivity index (χ0n) is 18.1. The summed E-state index contributed by atoms with van der Waals surface area (Å²) >= 11 is 1.31. The highest BCUT2D eigenvalue weighted by Crippen LogP contribution is 2.26. The molecule has 7 nitrogen and oxygen atoms in total. The van der Waals surface area contributed by atoms with Crippen LogP contribution in [0.15, 0.2) is 87.3 Å². The Hall–Kier alpha value is -3.98. The van der Waals surface area contributed by atoms with Crippen LogP contribution in [-0.4, -0.2) is 26.3 Å². The molecule has 0 fully saturated rings. The van der Waals surface area contributed by atoms with Gasteiger partial charge in [0.25, 0.3) is 5.56 Å². The van der Waals surface area contributed by atoms with E-state index in [9.17, 15) is 9.18 Å². The first-order valence-electron chi connectivity index (χ1n) is 10.6. The molecule has 0 atom stereocenters. The second-order valence-corrected chi connectivity index (χ2v) is 8.23. The number of fused-ring (bicyclic) bond motifs is 1. The number of rotatable bonds is 7. The Bertz CT molecular complexity index is 1500. The molecule has 0 saturated heterocycles. The van der Waals surface area contributed by atoms with E-state index in [1.807, 2.05) is 49.4 Å². The molecular formula is C25H19FN4O3S. The zero-order valence-corrected chi connectivity index (χ0v) is 19.0. The number of ether oxygens (including phenoxy) is 1. The molecule has 5 aromatic rings. The number of aromatic nitrogens is 4. The van der Waals surface area contributed by atoms with Gasteiger partial charge in [0, 0.05) is 5.56 Å². The number of halogens is 1. The molecule has 0 amide bonds. The zero-order chi connectivity index (χ0) is 23.5. The molecule has 0 saturated carbocycles. The van der Waals surface area contributed by atoms with E-state index >= 15 is 0 Å². The van der Waals surface area contributed by atoms with Crippen molar-refractivity contribution in [1.29, 1.82) is 0 Å². The normalized spacial score (nSPS) is 11.1. The van der Waals surface area contributed by atoms with Crippen molar-refractivity contribution in [3.63, 3.8) is 0 Å². The minimum Gasteiger partial charge on any atom is -0.494 e. The van der Waals surface area contributed by atoms with Gasteiger partial charge in [0.15, 0.2) is 5.16 Å². The lowest BCUT2D eigenvalue weighted by Crippen LogP contribution is -2.21. The minimum atomic E-state index is -0.335. The first kappa shape index (κ1) is 21.8. The summed E-state index contributed by atoms with van der Waals surface area (Å²) in [5.41, 5.74) is 1.76. The maximum Gasteiger partial charge on any atom is 0.266 e. The van der Waals surface area contributed by atoms with Gasteiger partial charge in [0.2, 0.25) is 11.7 Å². The molecule has 0 aliphatic carbocycles. The predicted octanol–water partition coefficient (Wildman–Crippen LogP) is 5.27. The number of hydrogen-bond acceptors (Lipinski definition) is 7. The van der Waals surface area contributed by atoms with Crippen molar-refractivity contribution >= 4 is 22.7 Å². The highest BCUT2D eigenvalue weighted by Gasteiger charge is 2.16. The number of nitrogens with zero attached hydrogens (tertiary/aromatic N) is 4. The summed E-state index contributed by atoms with van der Waals surface area (Å²) in [6.45, 7) is 2.47. The average molecular weight is 475 g/mol. The van der Waals surface area contributed by atoms with Gasteiger partial charge in [-0.1, -0.05) is 29.1 Å². The van der Waals surface area contributed by atoms with E-state index in [1.54, 1.807) is 22.8 Å². The molecule has 0 unspecified atom stereocenters. The van der Waals surface area contributed by atoms with Crippen LogP contribution in [0.1, 0.15) is 12.8 Å². The van der Waals surface area contributed by atoms with E-state index in [-0.39, 0.29) is 11.4 Å². The standard InChI is InChI=1S/C25H19FN4O3S/c1-2-32-19-13-11-18(12-14-19)30-24(31)20-5-3-4-6-21(20)27-25(30)34-15-22-28-23(29-33-22)16-7-9-17(26)10-8-16/h3-14H,2,15H2,1H3. The molecule has 170 valence electrons. The number of hydrogen-bond donors (Lipinski definition) is 0. The lowest BCUT2D eigenvalue weighted by atomic mass is 10.2. The van der Waals surface area contributed by atoms with Gasteiger partial charge in [0.1, 0.15) is 11.6 Å². The third kappa shape index (κ3) is 4.42. The molecule has 3 aromatic carbocycles. The fourth-order valence-corrected chi connectivity index (χ4v) is 4.30. The molecule has 0 radical (unpaired) electrons. The third-order valence-electron chi connectivity index (χ3n) is 5.05. The van der Waals surface area contributed by atoms with Gasteiger partial charge in [-0.05, 0) is 67.6 Å². The van der Waals surface area contributed by atoms with Gasteiger partial charge < -0.3 is 9.26 Å².